The summed E-state index contributed by atoms with van der Waals surface area (Å²) in [6, 6.07) is 3.92. The van der Waals surface area contributed by atoms with E-state index in [-0.39, 0.29) is 16.1 Å². The van der Waals surface area contributed by atoms with Crippen molar-refractivity contribution in [2.45, 2.75) is 43.5 Å². The molecule has 0 radical (unpaired) electrons. The Morgan fingerprint density at radius 3 is 2.53 bits per heavy atom. The van der Waals surface area contributed by atoms with Gasteiger partial charge < -0.3 is 0 Å². The minimum atomic E-state index is -3.60. The van der Waals surface area contributed by atoms with Crippen LogP contribution in [0.25, 0.3) is 0 Å². The topological polar surface area (TPSA) is 89.3 Å². The van der Waals surface area contributed by atoms with Gasteiger partial charge in [-0.25, -0.2) is 13.1 Å². The van der Waals surface area contributed by atoms with Gasteiger partial charge in [0.25, 0.3) is 5.69 Å². The quantitative estimate of drug-likeness (QED) is 0.661. The lowest BCUT2D eigenvalue weighted by atomic mass is 10.1. The van der Waals surface area contributed by atoms with Crippen molar-refractivity contribution in [2.24, 2.45) is 0 Å². The molecule has 104 valence electrons. The van der Waals surface area contributed by atoms with Gasteiger partial charge in [-0.15, -0.1) is 0 Å². The van der Waals surface area contributed by atoms with Crippen molar-refractivity contribution in [3.8, 4) is 0 Å². The van der Waals surface area contributed by atoms with Crippen LogP contribution in [0, 0.1) is 10.1 Å². The Hall–Kier alpha value is -1.47. The third kappa shape index (κ3) is 2.93. The van der Waals surface area contributed by atoms with Gasteiger partial charge in [-0.2, -0.15) is 0 Å². The van der Waals surface area contributed by atoms with Crippen LogP contribution in [0.15, 0.2) is 23.1 Å². The highest BCUT2D eigenvalue weighted by molar-refractivity contribution is 7.89. The van der Waals surface area contributed by atoms with E-state index in [1.165, 1.54) is 18.2 Å². The van der Waals surface area contributed by atoms with Gasteiger partial charge in [0.1, 0.15) is 0 Å². The molecular formula is C12H16N2O4S. The van der Waals surface area contributed by atoms with Gasteiger partial charge in [-0.05, 0) is 38.3 Å². The van der Waals surface area contributed by atoms with Crippen molar-refractivity contribution in [1.82, 2.24) is 4.72 Å². The second-order valence-electron chi connectivity index (χ2n) is 5.07. The van der Waals surface area contributed by atoms with E-state index in [9.17, 15) is 18.5 Å². The van der Waals surface area contributed by atoms with Crippen molar-refractivity contribution < 1.29 is 13.3 Å². The molecule has 1 aromatic carbocycles. The summed E-state index contributed by atoms with van der Waals surface area (Å²) in [5, 5.41) is 10.8. The second kappa shape index (κ2) is 4.57. The standard InChI is InChI=1S/C12H16N2O4S/c1-3-9-8-10(4-5-11(9)14(15)16)19(17,18)13-12(2)6-7-12/h4-5,8,13H,3,6-7H2,1-2H3. The van der Waals surface area contributed by atoms with E-state index < -0.39 is 14.9 Å². The first kappa shape index (κ1) is 14.0. The molecule has 0 aliphatic heterocycles. The normalized spacial score (nSPS) is 17.2. The van der Waals surface area contributed by atoms with Crippen LogP contribution in [0.3, 0.4) is 0 Å². The van der Waals surface area contributed by atoms with Crippen molar-refractivity contribution >= 4 is 15.7 Å². The van der Waals surface area contributed by atoms with Crippen LogP contribution in [-0.4, -0.2) is 18.9 Å². The summed E-state index contributed by atoms with van der Waals surface area (Å²) in [4.78, 5) is 10.4. The molecule has 2 rings (SSSR count). The Kier molecular flexibility index (Phi) is 3.36. The van der Waals surface area contributed by atoms with Gasteiger partial charge in [0.15, 0.2) is 0 Å². The Morgan fingerprint density at radius 1 is 1.42 bits per heavy atom. The highest BCUT2D eigenvalue weighted by Crippen LogP contribution is 2.36. The molecule has 0 heterocycles. The number of nitro groups is 1. The first-order valence-corrected chi connectivity index (χ1v) is 7.57. The fourth-order valence-corrected chi connectivity index (χ4v) is 3.38. The van der Waals surface area contributed by atoms with E-state index in [0.29, 0.717) is 12.0 Å². The summed E-state index contributed by atoms with van der Waals surface area (Å²) < 4.78 is 26.9. The molecule has 7 heteroatoms. The molecule has 19 heavy (non-hydrogen) atoms. The van der Waals surface area contributed by atoms with Crippen LogP contribution in [0.1, 0.15) is 32.3 Å². The third-order valence-corrected chi connectivity index (χ3v) is 4.96. The largest absolute Gasteiger partial charge is 0.272 e. The predicted molar refractivity (Wildman–Crippen MR) is 70.4 cm³/mol. The molecule has 0 unspecified atom stereocenters. The van der Waals surface area contributed by atoms with E-state index in [1.54, 1.807) is 6.92 Å². The molecule has 1 fully saturated rings. The zero-order chi connectivity index (χ0) is 14.3. The number of hydrogen-bond acceptors (Lipinski definition) is 4. The van der Waals surface area contributed by atoms with Crippen LogP contribution < -0.4 is 4.72 Å². The summed E-state index contributed by atoms with van der Waals surface area (Å²) in [5.41, 5.74) is 0.0281. The molecule has 0 spiro atoms. The van der Waals surface area contributed by atoms with Gasteiger partial charge in [-0.3, -0.25) is 10.1 Å². The number of rotatable bonds is 5. The van der Waals surface area contributed by atoms with Crippen molar-refractivity contribution in [3.05, 3.63) is 33.9 Å². The zero-order valence-corrected chi connectivity index (χ0v) is 11.7. The van der Waals surface area contributed by atoms with Crippen LogP contribution in [0.4, 0.5) is 5.69 Å². The van der Waals surface area contributed by atoms with E-state index in [0.717, 1.165) is 12.8 Å². The number of nitro benzene ring substituents is 1. The average Bonchev–Trinajstić information content (AvgIpc) is 3.04. The number of hydrogen-bond donors (Lipinski definition) is 1. The van der Waals surface area contributed by atoms with E-state index >= 15 is 0 Å². The first-order valence-electron chi connectivity index (χ1n) is 6.09. The first-order chi connectivity index (χ1) is 8.77. The molecule has 0 saturated heterocycles. The second-order valence-corrected chi connectivity index (χ2v) is 6.75. The molecule has 1 N–H and O–H groups in total. The number of nitrogens with one attached hydrogen (secondary N) is 1. The van der Waals surface area contributed by atoms with E-state index in [1.807, 2.05) is 6.92 Å². The smallest absolute Gasteiger partial charge is 0.258 e. The summed E-state index contributed by atoms with van der Waals surface area (Å²) in [7, 11) is -3.60. The Balaban J connectivity index is 2.38. The van der Waals surface area contributed by atoms with Gasteiger partial charge in [0.05, 0.1) is 9.82 Å². The zero-order valence-electron chi connectivity index (χ0n) is 10.8. The number of benzene rings is 1. The van der Waals surface area contributed by atoms with Crippen LogP contribution >= 0.6 is 0 Å². The summed E-state index contributed by atoms with van der Waals surface area (Å²) in [5.74, 6) is 0. The van der Waals surface area contributed by atoms with Gasteiger partial charge >= 0.3 is 0 Å². The van der Waals surface area contributed by atoms with E-state index in [4.69, 9.17) is 0 Å². The minimum Gasteiger partial charge on any atom is -0.258 e. The molecule has 0 aromatic heterocycles. The Bertz CT molecular complexity index is 621. The summed E-state index contributed by atoms with van der Waals surface area (Å²) in [6.07, 6.45) is 2.05. The SMILES string of the molecule is CCc1cc(S(=O)(=O)NC2(C)CC2)ccc1[N+](=O)[O-]. The highest BCUT2D eigenvalue weighted by atomic mass is 32.2. The summed E-state index contributed by atoms with van der Waals surface area (Å²) in [6.45, 7) is 3.60. The lowest BCUT2D eigenvalue weighted by molar-refractivity contribution is -0.385. The molecule has 6 nitrogen and oxygen atoms in total. The third-order valence-electron chi connectivity index (χ3n) is 3.32. The van der Waals surface area contributed by atoms with Gasteiger partial charge in [0, 0.05) is 17.2 Å². The maximum absolute atomic E-state index is 12.2. The van der Waals surface area contributed by atoms with Crippen LogP contribution in [0.5, 0.6) is 0 Å². The molecule has 1 aromatic rings. The van der Waals surface area contributed by atoms with E-state index in [2.05, 4.69) is 4.72 Å². The fraction of sp³-hybridized carbons (Fsp3) is 0.500. The molecule has 0 amide bonds. The van der Waals surface area contributed by atoms with Crippen LogP contribution in [-0.2, 0) is 16.4 Å². The van der Waals surface area contributed by atoms with Crippen LogP contribution in [0.2, 0.25) is 0 Å². The Labute approximate surface area is 112 Å². The summed E-state index contributed by atoms with van der Waals surface area (Å²) >= 11 is 0. The lowest BCUT2D eigenvalue weighted by Gasteiger charge is -2.12. The predicted octanol–water partition coefficient (Wildman–Crippen LogP) is 1.99. The highest BCUT2D eigenvalue weighted by Gasteiger charge is 2.41. The molecular weight excluding hydrogens is 268 g/mol. The molecule has 0 atom stereocenters. The number of sulfonamides is 1. The van der Waals surface area contributed by atoms with Crippen molar-refractivity contribution in [2.75, 3.05) is 0 Å². The fourth-order valence-electron chi connectivity index (χ4n) is 1.86. The molecule has 1 aliphatic carbocycles. The minimum absolute atomic E-state index is 0.0425. The average molecular weight is 284 g/mol. The van der Waals surface area contributed by atoms with Crippen molar-refractivity contribution in [1.29, 1.82) is 0 Å². The Morgan fingerprint density at radius 2 is 2.05 bits per heavy atom. The maximum Gasteiger partial charge on any atom is 0.272 e. The monoisotopic (exact) mass is 284 g/mol. The number of aryl methyl sites for hydroxylation is 1. The maximum atomic E-state index is 12.2. The van der Waals surface area contributed by atoms with Crippen molar-refractivity contribution in [3.63, 3.8) is 0 Å². The lowest BCUT2D eigenvalue weighted by Crippen LogP contribution is -2.34. The van der Waals surface area contributed by atoms with Gasteiger partial charge in [0.2, 0.25) is 10.0 Å². The van der Waals surface area contributed by atoms with Gasteiger partial charge in [-0.1, -0.05) is 6.92 Å². The molecule has 1 saturated carbocycles. The molecule has 1 aliphatic rings. The molecule has 0 bridgehead atoms. The number of nitrogens with zero attached hydrogens (tertiary/aromatic N) is 1.